The van der Waals surface area contributed by atoms with E-state index in [1.54, 1.807) is 18.6 Å². The fourth-order valence-corrected chi connectivity index (χ4v) is 3.82. The number of aromatic nitrogens is 1. The van der Waals surface area contributed by atoms with Crippen molar-refractivity contribution in [2.24, 2.45) is 4.99 Å². The molecule has 2 aromatic rings. The number of nitriles is 1. The second-order valence-electron chi connectivity index (χ2n) is 8.69. The van der Waals surface area contributed by atoms with Gasteiger partial charge in [0.15, 0.2) is 0 Å². The Labute approximate surface area is 208 Å². The molecule has 7 heteroatoms. The Kier molecular flexibility index (Phi) is 9.54. The summed E-state index contributed by atoms with van der Waals surface area (Å²) in [5.74, 6) is 0.320. The van der Waals surface area contributed by atoms with Crippen molar-refractivity contribution in [3.63, 3.8) is 0 Å². The Bertz CT molecular complexity index is 1310. The number of nitrogen functional groups attached to an aromatic ring is 1. The van der Waals surface area contributed by atoms with E-state index in [9.17, 15) is 5.26 Å². The van der Waals surface area contributed by atoms with Gasteiger partial charge in [0, 0.05) is 47.9 Å². The van der Waals surface area contributed by atoms with Crippen molar-refractivity contribution in [1.82, 2.24) is 15.2 Å². The highest BCUT2D eigenvalue weighted by Gasteiger charge is 2.14. The van der Waals surface area contributed by atoms with E-state index >= 15 is 0 Å². The van der Waals surface area contributed by atoms with Crippen molar-refractivity contribution < 1.29 is 0 Å². The molecule has 0 amide bonds. The molecule has 2 rings (SSSR count). The van der Waals surface area contributed by atoms with Gasteiger partial charge in [-0.3, -0.25) is 15.4 Å². The summed E-state index contributed by atoms with van der Waals surface area (Å²) in [4.78, 5) is 10.3. The van der Waals surface area contributed by atoms with Crippen LogP contribution in [0, 0.1) is 30.6 Å². The van der Waals surface area contributed by atoms with Crippen LogP contribution in [-0.2, 0) is 0 Å². The first-order valence-corrected chi connectivity index (χ1v) is 11.4. The molecule has 0 fully saturated rings. The van der Waals surface area contributed by atoms with E-state index in [1.165, 1.54) is 0 Å². The van der Waals surface area contributed by atoms with E-state index < -0.39 is 0 Å². The average Bonchev–Trinajstić information content (AvgIpc) is 2.81. The lowest BCUT2D eigenvalue weighted by molar-refractivity contribution is 0.336. The lowest BCUT2D eigenvalue weighted by atomic mass is 9.92. The minimum Gasteiger partial charge on any atom is -0.397 e. The minimum atomic E-state index is 0.320. The molecule has 1 aromatic carbocycles. The van der Waals surface area contributed by atoms with Gasteiger partial charge < -0.3 is 16.0 Å². The number of benzene rings is 1. The number of aliphatic imine (C=N–C) groups is 1. The largest absolute Gasteiger partial charge is 0.397 e. The molecular weight excluding hydrogens is 434 g/mol. The van der Waals surface area contributed by atoms with Crippen LogP contribution in [0.3, 0.4) is 0 Å². The molecule has 4 N–H and O–H groups in total. The molecule has 0 aliphatic carbocycles. The van der Waals surface area contributed by atoms with Crippen molar-refractivity contribution in [2.75, 3.05) is 18.8 Å². The topological polar surface area (TPSA) is 114 Å². The van der Waals surface area contributed by atoms with E-state index in [0.29, 0.717) is 36.2 Å². The second-order valence-corrected chi connectivity index (χ2v) is 8.69. The summed E-state index contributed by atoms with van der Waals surface area (Å²) < 4.78 is 0. The molecule has 0 saturated heterocycles. The Hall–Kier alpha value is -4.18. The number of hydrogen-bond donors (Lipinski definition) is 3. The van der Waals surface area contributed by atoms with Crippen LogP contribution >= 0.6 is 0 Å². The third kappa shape index (κ3) is 6.67. The highest BCUT2D eigenvalue weighted by atomic mass is 15.1. The summed E-state index contributed by atoms with van der Waals surface area (Å²) in [6, 6.07) is 4.61. The predicted molar refractivity (Wildman–Crippen MR) is 148 cm³/mol. The van der Waals surface area contributed by atoms with Gasteiger partial charge in [0.2, 0.25) is 0 Å². The van der Waals surface area contributed by atoms with Gasteiger partial charge in [-0.25, -0.2) is 0 Å². The lowest BCUT2D eigenvalue weighted by Crippen LogP contribution is -2.32. The number of amidine groups is 1. The van der Waals surface area contributed by atoms with Gasteiger partial charge in [-0.05, 0) is 76.0 Å². The highest BCUT2D eigenvalue weighted by Crippen LogP contribution is 2.28. The van der Waals surface area contributed by atoms with Crippen LogP contribution in [0.2, 0.25) is 0 Å². The molecule has 0 aliphatic rings. The maximum absolute atomic E-state index is 9.92. The number of rotatable bonds is 9. The second kappa shape index (κ2) is 12.3. The smallest absolute Gasteiger partial charge is 0.118 e. The van der Waals surface area contributed by atoms with Gasteiger partial charge in [0.25, 0.3) is 0 Å². The van der Waals surface area contributed by atoms with Crippen LogP contribution in [-0.4, -0.2) is 41.6 Å². The number of pyridine rings is 1. The quantitative estimate of drug-likeness (QED) is 0.385. The summed E-state index contributed by atoms with van der Waals surface area (Å²) in [6.07, 6.45) is 10.6. The van der Waals surface area contributed by atoms with Gasteiger partial charge in [-0.1, -0.05) is 18.2 Å². The Morgan fingerprint density at radius 1 is 1.31 bits per heavy atom. The van der Waals surface area contributed by atoms with E-state index in [2.05, 4.69) is 53.4 Å². The van der Waals surface area contributed by atoms with Gasteiger partial charge in [-0.15, -0.1) is 0 Å². The summed E-state index contributed by atoms with van der Waals surface area (Å²) in [6.45, 7) is 18.6. The lowest BCUT2D eigenvalue weighted by Gasteiger charge is -2.24. The molecule has 1 heterocycles. The third-order valence-electron chi connectivity index (χ3n) is 5.87. The maximum Gasteiger partial charge on any atom is 0.118 e. The van der Waals surface area contributed by atoms with E-state index in [4.69, 9.17) is 11.1 Å². The molecule has 0 unspecified atom stereocenters. The fourth-order valence-electron chi connectivity index (χ4n) is 3.82. The van der Waals surface area contributed by atoms with Crippen molar-refractivity contribution in [3.8, 4) is 17.2 Å². The zero-order valence-electron chi connectivity index (χ0n) is 21.3. The van der Waals surface area contributed by atoms with Crippen molar-refractivity contribution in [1.29, 1.82) is 10.7 Å². The molecule has 0 saturated carbocycles. The van der Waals surface area contributed by atoms with Crippen molar-refractivity contribution in [2.45, 2.75) is 40.7 Å². The monoisotopic (exact) mass is 469 g/mol. The van der Waals surface area contributed by atoms with Gasteiger partial charge in [0.1, 0.15) is 11.9 Å². The van der Waals surface area contributed by atoms with E-state index in [-0.39, 0.29) is 0 Å². The SMILES string of the molecule is C=CN(C/C(C)=C/C(=N)NC/C=c1/cc(-c2cncc(N)c2C)c(C#N)c(C)/c1=C/N=C)C(C)C. The zero-order chi connectivity index (χ0) is 26.1. The highest BCUT2D eigenvalue weighted by molar-refractivity contribution is 5.91. The van der Waals surface area contributed by atoms with Crippen LogP contribution in [0.25, 0.3) is 23.4 Å². The molecule has 7 nitrogen and oxygen atoms in total. The first-order valence-electron chi connectivity index (χ1n) is 11.4. The van der Waals surface area contributed by atoms with E-state index in [0.717, 1.165) is 38.3 Å². The van der Waals surface area contributed by atoms with Crippen LogP contribution in [0.1, 0.15) is 37.5 Å². The van der Waals surface area contributed by atoms with Crippen LogP contribution < -0.4 is 21.5 Å². The summed E-state index contributed by atoms with van der Waals surface area (Å²) in [5.41, 5.74) is 11.5. The normalized spacial score (nSPS) is 12.4. The number of anilines is 1. The molecule has 0 aliphatic heterocycles. The molecule has 0 bridgehead atoms. The maximum atomic E-state index is 9.92. The molecule has 35 heavy (non-hydrogen) atoms. The van der Waals surface area contributed by atoms with Crippen molar-refractivity contribution >= 4 is 30.5 Å². The van der Waals surface area contributed by atoms with Gasteiger partial charge >= 0.3 is 0 Å². The molecule has 0 spiro atoms. The molecule has 182 valence electrons. The Morgan fingerprint density at radius 3 is 2.63 bits per heavy atom. The zero-order valence-corrected chi connectivity index (χ0v) is 21.3. The fraction of sp³-hybridized carbons (Fsp3) is 0.286. The van der Waals surface area contributed by atoms with Gasteiger partial charge in [-0.2, -0.15) is 5.26 Å². The molecular formula is C28H35N7. The van der Waals surface area contributed by atoms with E-state index in [1.807, 2.05) is 45.2 Å². The third-order valence-corrected chi connectivity index (χ3v) is 5.87. The van der Waals surface area contributed by atoms with Crippen molar-refractivity contribution in [3.05, 3.63) is 70.0 Å². The summed E-state index contributed by atoms with van der Waals surface area (Å²) in [7, 11) is 0. The number of nitrogens with one attached hydrogen (secondary N) is 2. The van der Waals surface area contributed by atoms with Crippen LogP contribution in [0.5, 0.6) is 0 Å². The summed E-state index contributed by atoms with van der Waals surface area (Å²) in [5, 5.41) is 23.1. The number of nitrogens with two attached hydrogens (primary N) is 1. The standard InChI is InChI=1S/C28H35N7/c1-8-35(18(2)3)17-19(4)11-28(31)34-10-9-22-12-23(26-15-33-16-27(30)21(26)6)24(13-29)20(5)25(22)14-32-7/h8-9,11-12,14-16,18H,1,7,10,17,30H2,2-6H3,(H2,31,34)/b19-11+,22-9-,25-14-. The molecule has 0 radical (unpaired) electrons. The van der Waals surface area contributed by atoms with Crippen LogP contribution in [0.4, 0.5) is 5.69 Å². The number of hydrogen-bond acceptors (Lipinski definition) is 6. The first-order chi connectivity index (χ1) is 16.6. The summed E-state index contributed by atoms with van der Waals surface area (Å²) >= 11 is 0. The molecule has 0 atom stereocenters. The Balaban J connectivity index is 2.45. The van der Waals surface area contributed by atoms with Gasteiger partial charge in [0.05, 0.1) is 17.4 Å². The predicted octanol–water partition coefficient (Wildman–Crippen LogP) is 3.41. The first kappa shape index (κ1) is 27.1. The van der Waals surface area contributed by atoms with Crippen LogP contribution in [0.15, 0.2) is 47.9 Å². The average molecular weight is 470 g/mol. The Morgan fingerprint density at radius 2 is 2.03 bits per heavy atom. The molecule has 1 aromatic heterocycles. The minimum absolute atomic E-state index is 0.320. The number of nitrogens with zero attached hydrogens (tertiary/aromatic N) is 4.